The van der Waals surface area contributed by atoms with Gasteiger partial charge in [-0.2, -0.15) is 0 Å². The van der Waals surface area contributed by atoms with Crippen LogP contribution in [0.1, 0.15) is 20.8 Å². The van der Waals surface area contributed by atoms with Crippen molar-refractivity contribution < 1.29 is 4.79 Å². The lowest BCUT2D eigenvalue weighted by atomic mass is 10.1. The van der Waals surface area contributed by atoms with Gasteiger partial charge in [-0.1, -0.05) is 37.6 Å². The van der Waals surface area contributed by atoms with Crippen molar-refractivity contribution in [1.82, 2.24) is 24.5 Å². The summed E-state index contributed by atoms with van der Waals surface area (Å²) in [5, 5.41) is 10.7. The van der Waals surface area contributed by atoms with Gasteiger partial charge in [0.05, 0.1) is 5.52 Å². The minimum absolute atomic E-state index is 0.0103. The second-order valence-electron chi connectivity index (χ2n) is 8.60. The fraction of sp³-hybridized carbons (Fsp3) is 0.333. The fourth-order valence-corrected chi connectivity index (χ4v) is 4.49. The third kappa shape index (κ3) is 3.46. The zero-order chi connectivity index (χ0) is 22.4. The first-order chi connectivity index (χ1) is 15.4. The highest BCUT2D eigenvalue weighted by atomic mass is 35.5. The minimum atomic E-state index is -0.0103. The maximum atomic E-state index is 12.6. The fourth-order valence-electron chi connectivity index (χ4n) is 4.36. The first-order valence-electron chi connectivity index (χ1n) is 10.9. The Balaban J connectivity index is 1.64. The Kier molecular flexibility index (Phi) is 5.21. The van der Waals surface area contributed by atoms with Crippen molar-refractivity contribution in [2.24, 2.45) is 5.92 Å². The number of amides is 1. The van der Waals surface area contributed by atoms with Gasteiger partial charge in [-0.05, 0) is 43.3 Å². The third-order valence-electron chi connectivity index (χ3n) is 6.02. The molecule has 0 bridgehead atoms. The zero-order valence-electron chi connectivity index (χ0n) is 18.4. The molecule has 0 unspecified atom stereocenters. The number of piperazine rings is 1. The second-order valence-corrected chi connectivity index (χ2v) is 9.04. The van der Waals surface area contributed by atoms with Crippen LogP contribution in [0.25, 0.3) is 27.9 Å². The molecule has 1 aliphatic heterocycles. The molecule has 1 amide bonds. The smallest absolute Gasteiger partial charge is 0.225 e. The number of rotatable bonds is 3. The molecule has 32 heavy (non-hydrogen) atoms. The van der Waals surface area contributed by atoms with Crippen LogP contribution >= 0.6 is 11.6 Å². The van der Waals surface area contributed by atoms with E-state index in [9.17, 15) is 4.79 Å². The molecule has 5 rings (SSSR count). The van der Waals surface area contributed by atoms with Crippen LogP contribution in [-0.4, -0.2) is 56.1 Å². The molecular formula is C24H25ClN6O. The van der Waals surface area contributed by atoms with Crippen LogP contribution in [0.4, 0.5) is 5.95 Å². The molecule has 7 nitrogen and oxygen atoms in total. The Morgan fingerprint density at radius 3 is 2.53 bits per heavy atom. The highest BCUT2D eigenvalue weighted by molar-refractivity contribution is 6.30. The van der Waals surface area contributed by atoms with Crippen molar-refractivity contribution in [3.8, 4) is 11.4 Å². The molecule has 164 valence electrons. The normalized spacial score (nSPS) is 17.0. The number of aromatic nitrogens is 4. The SMILES string of the molecule is CC(C)C(=O)N1CCN(c2nc3ccccc3c3nnc(-c4ccc(Cl)cc4)n23)C[C@@H]1C. The van der Waals surface area contributed by atoms with Crippen LogP contribution in [0.3, 0.4) is 0 Å². The van der Waals surface area contributed by atoms with Crippen molar-refractivity contribution in [3.05, 3.63) is 53.6 Å². The molecule has 0 N–H and O–H groups in total. The molecule has 2 aromatic heterocycles. The standard InChI is InChI=1S/C24H25ClN6O/c1-15(2)23(32)30-13-12-29(14-16(30)3)24-26-20-7-5-4-6-19(20)22-28-27-21(31(22)24)17-8-10-18(25)11-9-17/h4-11,15-16H,12-14H2,1-3H3/t16-/m0/s1. The second kappa shape index (κ2) is 8.06. The van der Waals surface area contributed by atoms with Gasteiger partial charge in [0.15, 0.2) is 11.5 Å². The van der Waals surface area contributed by atoms with Gasteiger partial charge in [0.25, 0.3) is 0 Å². The Morgan fingerprint density at radius 1 is 1.06 bits per heavy atom. The van der Waals surface area contributed by atoms with Gasteiger partial charge in [0, 0.05) is 47.6 Å². The molecule has 3 heterocycles. The van der Waals surface area contributed by atoms with Crippen molar-refractivity contribution in [1.29, 1.82) is 0 Å². The van der Waals surface area contributed by atoms with Crippen LogP contribution in [0.2, 0.25) is 5.02 Å². The number of hydrogen-bond donors (Lipinski definition) is 0. The molecule has 0 saturated carbocycles. The lowest BCUT2D eigenvalue weighted by Crippen LogP contribution is -2.55. The van der Waals surface area contributed by atoms with E-state index >= 15 is 0 Å². The van der Waals surface area contributed by atoms with Crippen LogP contribution in [0.5, 0.6) is 0 Å². The number of halogens is 1. The Bertz CT molecular complexity index is 1300. The summed E-state index contributed by atoms with van der Waals surface area (Å²) < 4.78 is 2.03. The highest BCUT2D eigenvalue weighted by Crippen LogP contribution is 2.30. The monoisotopic (exact) mass is 448 g/mol. The molecule has 1 aliphatic rings. The average Bonchev–Trinajstić information content (AvgIpc) is 3.24. The first-order valence-corrected chi connectivity index (χ1v) is 11.3. The van der Waals surface area contributed by atoms with Crippen LogP contribution in [0, 0.1) is 5.92 Å². The maximum Gasteiger partial charge on any atom is 0.225 e. The van der Waals surface area contributed by atoms with E-state index in [-0.39, 0.29) is 17.9 Å². The minimum Gasteiger partial charge on any atom is -0.338 e. The highest BCUT2D eigenvalue weighted by Gasteiger charge is 2.31. The summed E-state index contributed by atoms with van der Waals surface area (Å²) in [6, 6.07) is 15.7. The van der Waals surface area contributed by atoms with Gasteiger partial charge < -0.3 is 9.80 Å². The molecule has 0 radical (unpaired) electrons. The molecule has 2 aromatic carbocycles. The Hall–Kier alpha value is -3.19. The molecule has 0 spiro atoms. The Morgan fingerprint density at radius 2 is 1.81 bits per heavy atom. The molecule has 1 atom stereocenters. The lowest BCUT2D eigenvalue weighted by Gasteiger charge is -2.41. The molecular weight excluding hydrogens is 424 g/mol. The van der Waals surface area contributed by atoms with Crippen molar-refractivity contribution in [2.45, 2.75) is 26.8 Å². The maximum absolute atomic E-state index is 12.6. The van der Waals surface area contributed by atoms with E-state index in [2.05, 4.69) is 22.0 Å². The summed E-state index contributed by atoms with van der Waals surface area (Å²) in [6.07, 6.45) is 0. The van der Waals surface area contributed by atoms with Gasteiger partial charge in [0.2, 0.25) is 11.9 Å². The quantitative estimate of drug-likeness (QED) is 0.467. The average molecular weight is 449 g/mol. The molecule has 1 saturated heterocycles. The van der Waals surface area contributed by atoms with Crippen LogP contribution in [-0.2, 0) is 4.79 Å². The lowest BCUT2D eigenvalue weighted by molar-refractivity contribution is -0.136. The van der Waals surface area contributed by atoms with Gasteiger partial charge in [-0.25, -0.2) is 9.38 Å². The van der Waals surface area contributed by atoms with E-state index < -0.39 is 0 Å². The third-order valence-corrected chi connectivity index (χ3v) is 6.27. The van der Waals surface area contributed by atoms with Crippen molar-refractivity contribution in [2.75, 3.05) is 24.5 Å². The largest absolute Gasteiger partial charge is 0.338 e. The van der Waals surface area contributed by atoms with Crippen LogP contribution < -0.4 is 4.90 Å². The van der Waals surface area contributed by atoms with E-state index in [0.29, 0.717) is 24.7 Å². The van der Waals surface area contributed by atoms with Crippen molar-refractivity contribution in [3.63, 3.8) is 0 Å². The molecule has 8 heteroatoms. The van der Waals surface area contributed by atoms with Gasteiger partial charge in [-0.3, -0.25) is 4.79 Å². The number of anilines is 1. The number of hydrogen-bond acceptors (Lipinski definition) is 5. The number of nitrogens with zero attached hydrogens (tertiary/aromatic N) is 6. The van der Waals surface area contributed by atoms with E-state index in [1.807, 2.05) is 71.7 Å². The zero-order valence-corrected chi connectivity index (χ0v) is 19.1. The molecule has 0 aliphatic carbocycles. The molecule has 4 aromatic rings. The summed E-state index contributed by atoms with van der Waals surface area (Å²) in [7, 11) is 0. The summed E-state index contributed by atoms with van der Waals surface area (Å²) >= 11 is 6.10. The van der Waals surface area contributed by atoms with E-state index in [0.717, 1.165) is 33.9 Å². The number of carbonyl (C=O) groups excluding carboxylic acids is 1. The van der Waals surface area contributed by atoms with Crippen LogP contribution in [0.15, 0.2) is 48.5 Å². The predicted octanol–water partition coefficient (Wildman–Crippen LogP) is 4.29. The van der Waals surface area contributed by atoms with E-state index in [1.54, 1.807) is 0 Å². The number of fused-ring (bicyclic) bond motifs is 3. The van der Waals surface area contributed by atoms with Gasteiger partial charge >= 0.3 is 0 Å². The first kappa shape index (κ1) is 20.7. The van der Waals surface area contributed by atoms with E-state index in [4.69, 9.17) is 16.6 Å². The van der Waals surface area contributed by atoms with E-state index in [1.165, 1.54) is 0 Å². The number of para-hydroxylation sites is 1. The number of carbonyl (C=O) groups is 1. The van der Waals surface area contributed by atoms with Crippen molar-refractivity contribution >= 4 is 40.0 Å². The molecule has 1 fully saturated rings. The summed E-state index contributed by atoms with van der Waals surface area (Å²) in [5.41, 5.74) is 2.56. The topological polar surface area (TPSA) is 66.6 Å². The number of benzene rings is 2. The summed E-state index contributed by atoms with van der Waals surface area (Å²) in [5.74, 6) is 1.69. The summed E-state index contributed by atoms with van der Waals surface area (Å²) in [4.78, 5) is 21.9. The predicted molar refractivity (Wildman–Crippen MR) is 127 cm³/mol. The summed E-state index contributed by atoms with van der Waals surface area (Å²) in [6.45, 7) is 8.04. The van der Waals surface area contributed by atoms with Gasteiger partial charge in [-0.15, -0.1) is 10.2 Å². The Labute approximate surface area is 191 Å². The van der Waals surface area contributed by atoms with Gasteiger partial charge in [0.1, 0.15) is 0 Å².